The van der Waals surface area contributed by atoms with Crippen LogP contribution in [0.5, 0.6) is 0 Å². The molecule has 1 aliphatic heterocycles. The number of nitrogens with one attached hydrogen (secondary N) is 2. The fraction of sp³-hybridized carbons (Fsp3) is 0.350. The molecule has 4 rings (SSSR count). The maximum Gasteiger partial charge on any atom is 0.228 e. The van der Waals surface area contributed by atoms with Crippen LogP contribution >= 0.6 is 11.3 Å². The summed E-state index contributed by atoms with van der Waals surface area (Å²) in [6.45, 7) is 2.55. The number of aromatic nitrogens is 3. The fourth-order valence-corrected chi connectivity index (χ4v) is 4.19. The highest BCUT2D eigenvalue weighted by atomic mass is 32.1. The molecule has 0 bridgehead atoms. The van der Waals surface area contributed by atoms with Crippen molar-refractivity contribution < 1.29 is 4.79 Å². The fourth-order valence-electron chi connectivity index (χ4n) is 3.53. The van der Waals surface area contributed by atoms with E-state index < -0.39 is 0 Å². The first-order valence-electron chi connectivity index (χ1n) is 9.47. The average molecular weight is 397 g/mol. The number of amides is 1. The van der Waals surface area contributed by atoms with Gasteiger partial charge in [-0.3, -0.25) is 9.69 Å². The number of carbonyl (C=O) groups is 1. The first kappa shape index (κ1) is 18.6. The Labute approximate surface area is 168 Å². The number of carbonyl (C=O) groups excluding carboxylic acids is 1. The number of rotatable bonds is 6. The third-order valence-corrected chi connectivity index (χ3v) is 5.82. The molecule has 1 aliphatic rings. The Morgan fingerprint density at radius 2 is 2.29 bits per heavy atom. The maximum atomic E-state index is 12.8. The summed E-state index contributed by atoms with van der Waals surface area (Å²) in [7, 11) is 1.88. The van der Waals surface area contributed by atoms with Gasteiger partial charge in [0.2, 0.25) is 5.91 Å². The largest absolute Gasteiger partial charge is 0.365 e. The Bertz CT molecular complexity index is 922. The third kappa shape index (κ3) is 4.40. The first-order chi connectivity index (χ1) is 13.7. The van der Waals surface area contributed by atoms with Crippen LogP contribution in [0.15, 0.2) is 48.1 Å². The van der Waals surface area contributed by atoms with Gasteiger partial charge in [-0.1, -0.05) is 6.07 Å². The molecule has 3 heterocycles. The first-order valence-corrected chi connectivity index (χ1v) is 10.3. The van der Waals surface area contributed by atoms with Crippen molar-refractivity contribution in [3.8, 4) is 5.69 Å². The number of nitrogens with zero attached hydrogens (tertiary/aromatic N) is 4. The van der Waals surface area contributed by atoms with Crippen LogP contribution in [-0.2, 0) is 11.3 Å². The normalized spacial score (nSPS) is 17.4. The van der Waals surface area contributed by atoms with Gasteiger partial charge in [0.15, 0.2) is 5.13 Å². The molecule has 1 fully saturated rings. The molecule has 1 saturated heterocycles. The van der Waals surface area contributed by atoms with E-state index in [0.717, 1.165) is 54.7 Å². The van der Waals surface area contributed by atoms with Crippen LogP contribution in [0.1, 0.15) is 18.5 Å². The molecule has 1 atom stereocenters. The van der Waals surface area contributed by atoms with Gasteiger partial charge in [-0.2, -0.15) is 5.10 Å². The topological polar surface area (TPSA) is 75.1 Å². The molecule has 1 aromatic carbocycles. The zero-order valence-electron chi connectivity index (χ0n) is 15.8. The summed E-state index contributed by atoms with van der Waals surface area (Å²) in [5, 5.41) is 13.4. The zero-order valence-corrected chi connectivity index (χ0v) is 16.7. The number of hydrogen-bond acceptors (Lipinski definition) is 6. The van der Waals surface area contributed by atoms with Crippen LogP contribution in [0.4, 0.5) is 10.8 Å². The minimum absolute atomic E-state index is 0.00971. The second-order valence-electron chi connectivity index (χ2n) is 6.96. The van der Waals surface area contributed by atoms with Crippen LogP contribution in [0.25, 0.3) is 5.69 Å². The lowest BCUT2D eigenvalue weighted by Crippen LogP contribution is -2.40. The summed E-state index contributed by atoms with van der Waals surface area (Å²) < 4.78 is 1.78. The van der Waals surface area contributed by atoms with Gasteiger partial charge in [0.25, 0.3) is 0 Å². The monoisotopic (exact) mass is 396 g/mol. The molecule has 0 unspecified atom stereocenters. The Hall–Kier alpha value is -2.71. The van der Waals surface area contributed by atoms with E-state index in [1.54, 1.807) is 22.2 Å². The molecule has 0 saturated carbocycles. The number of thiazole rings is 1. The van der Waals surface area contributed by atoms with Gasteiger partial charge in [0.05, 0.1) is 17.3 Å². The summed E-state index contributed by atoms with van der Waals surface area (Å²) in [6, 6.07) is 9.64. The van der Waals surface area contributed by atoms with E-state index in [0.29, 0.717) is 0 Å². The Balaban J connectivity index is 1.37. The van der Waals surface area contributed by atoms with E-state index >= 15 is 0 Å². The van der Waals surface area contributed by atoms with E-state index in [1.165, 1.54) is 0 Å². The molecule has 2 aromatic heterocycles. The van der Waals surface area contributed by atoms with Crippen LogP contribution in [0, 0.1) is 5.92 Å². The number of likely N-dealkylation sites (tertiary alicyclic amines) is 1. The van der Waals surface area contributed by atoms with Gasteiger partial charge < -0.3 is 10.6 Å². The number of benzene rings is 1. The second-order valence-corrected chi connectivity index (χ2v) is 7.82. The van der Waals surface area contributed by atoms with Crippen LogP contribution in [-0.4, -0.2) is 45.7 Å². The lowest BCUT2D eigenvalue weighted by atomic mass is 9.97. The molecule has 8 heteroatoms. The molecule has 0 aliphatic carbocycles. The quantitative estimate of drug-likeness (QED) is 0.669. The van der Waals surface area contributed by atoms with Gasteiger partial charge in [-0.05, 0) is 43.7 Å². The predicted molar refractivity (Wildman–Crippen MR) is 112 cm³/mol. The molecule has 0 radical (unpaired) electrons. The number of anilines is 2. The molecule has 2 N–H and O–H groups in total. The Morgan fingerprint density at radius 1 is 1.36 bits per heavy atom. The molecule has 7 nitrogen and oxygen atoms in total. The van der Waals surface area contributed by atoms with Gasteiger partial charge >= 0.3 is 0 Å². The minimum Gasteiger partial charge on any atom is -0.365 e. The van der Waals surface area contributed by atoms with Crippen LogP contribution in [0.3, 0.4) is 0 Å². The van der Waals surface area contributed by atoms with E-state index in [2.05, 4.69) is 31.0 Å². The highest BCUT2D eigenvalue weighted by Crippen LogP contribution is 2.23. The number of piperidine rings is 1. The van der Waals surface area contributed by atoms with E-state index in [9.17, 15) is 4.79 Å². The van der Waals surface area contributed by atoms with Crippen molar-refractivity contribution in [2.45, 2.75) is 19.4 Å². The standard InChI is InChI=1S/C20H24N6OS/c1-21-20-24-17(14-28-20)13-25-9-3-5-15(12-25)19(27)23-16-6-2-7-18(11-16)26-10-4-8-22-26/h2,4,6-8,10-11,14-15H,3,5,9,12-13H2,1H3,(H,21,24)(H,23,27)/t15-/m0/s1. The summed E-state index contributed by atoms with van der Waals surface area (Å²) >= 11 is 1.61. The minimum atomic E-state index is -0.00971. The van der Waals surface area contributed by atoms with Gasteiger partial charge in [-0.25, -0.2) is 9.67 Å². The smallest absolute Gasteiger partial charge is 0.228 e. The van der Waals surface area contributed by atoms with E-state index in [4.69, 9.17) is 0 Å². The highest BCUT2D eigenvalue weighted by molar-refractivity contribution is 7.13. The van der Waals surface area contributed by atoms with Crippen molar-refractivity contribution in [3.05, 3.63) is 53.8 Å². The third-order valence-electron chi connectivity index (χ3n) is 4.91. The van der Waals surface area contributed by atoms with Crippen molar-refractivity contribution in [2.75, 3.05) is 30.8 Å². The summed E-state index contributed by atoms with van der Waals surface area (Å²) in [6.07, 6.45) is 5.57. The van der Waals surface area contributed by atoms with E-state index in [1.807, 2.05) is 43.6 Å². The zero-order chi connectivity index (χ0) is 19.3. The van der Waals surface area contributed by atoms with Gasteiger partial charge in [-0.15, -0.1) is 11.3 Å². The predicted octanol–water partition coefficient (Wildman–Crippen LogP) is 3.22. The second kappa shape index (κ2) is 8.53. The Kier molecular flexibility index (Phi) is 5.68. The lowest BCUT2D eigenvalue weighted by molar-refractivity contribution is -0.121. The van der Waals surface area contributed by atoms with Gasteiger partial charge in [0.1, 0.15) is 0 Å². The van der Waals surface area contributed by atoms with Crippen LogP contribution < -0.4 is 10.6 Å². The molecule has 1 amide bonds. The molecule has 3 aromatic rings. The summed E-state index contributed by atoms with van der Waals surface area (Å²) in [4.78, 5) is 19.7. The van der Waals surface area contributed by atoms with Gasteiger partial charge in [0, 0.05) is 43.6 Å². The van der Waals surface area contributed by atoms with Crippen molar-refractivity contribution in [1.29, 1.82) is 0 Å². The van der Waals surface area contributed by atoms with Crippen molar-refractivity contribution in [2.24, 2.45) is 5.92 Å². The van der Waals surface area contributed by atoms with Crippen molar-refractivity contribution in [1.82, 2.24) is 19.7 Å². The average Bonchev–Trinajstić information content (AvgIpc) is 3.40. The molecular formula is C20H24N6OS. The van der Waals surface area contributed by atoms with Crippen molar-refractivity contribution in [3.63, 3.8) is 0 Å². The summed E-state index contributed by atoms with van der Waals surface area (Å²) in [5.74, 6) is 0.0704. The summed E-state index contributed by atoms with van der Waals surface area (Å²) in [5.41, 5.74) is 2.78. The molecule has 0 spiro atoms. The highest BCUT2D eigenvalue weighted by Gasteiger charge is 2.26. The molecular weight excluding hydrogens is 372 g/mol. The molecule has 28 heavy (non-hydrogen) atoms. The Morgan fingerprint density at radius 3 is 3.07 bits per heavy atom. The molecule has 146 valence electrons. The maximum absolute atomic E-state index is 12.8. The van der Waals surface area contributed by atoms with E-state index in [-0.39, 0.29) is 11.8 Å². The van der Waals surface area contributed by atoms with Crippen molar-refractivity contribution >= 4 is 28.1 Å². The SMILES string of the molecule is CNc1nc(CN2CCC[C@H](C(=O)Nc3cccc(-n4cccn4)c3)C2)cs1. The lowest BCUT2D eigenvalue weighted by Gasteiger charge is -2.31. The number of hydrogen-bond donors (Lipinski definition) is 2. The van der Waals surface area contributed by atoms with Crippen LogP contribution in [0.2, 0.25) is 0 Å².